The number of hydrogen-bond acceptors (Lipinski definition) is 6. The van der Waals surface area contributed by atoms with Gasteiger partial charge in [0, 0.05) is 11.4 Å². The van der Waals surface area contributed by atoms with Crippen molar-refractivity contribution in [2.75, 3.05) is 26.9 Å². The smallest absolute Gasteiger partial charge is 0.270 e. The van der Waals surface area contributed by atoms with E-state index < -0.39 is 0 Å². The summed E-state index contributed by atoms with van der Waals surface area (Å²) < 4.78 is 3.55. The van der Waals surface area contributed by atoms with Crippen molar-refractivity contribution < 1.29 is 0 Å². The number of thiophene rings is 1. The Labute approximate surface area is 142 Å². The normalized spacial score (nSPS) is 14.4. The summed E-state index contributed by atoms with van der Waals surface area (Å²) in [6.07, 6.45) is 5.18. The van der Waals surface area contributed by atoms with Crippen LogP contribution in [0.4, 0.5) is 0 Å². The molecule has 4 rings (SSSR count). The quantitative estimate of drug-likeness (QED) is 0.673. The highest BCUT2D eigenvalue weighted by molar-refractivity contribution is 7.98. The minimum Gasteiger partial charge on any atom is -0.308 e. The Morgan fingerprint density at radius 3 is 2.91 bits per heavy atom. The summed E-state index contributed by atoms with van der Waals surface area (Å²) in [4.78, 5) is 22.2. The second kappa shape index (κ2) is 5.61. The Morgan fingerprint density at radius 2 is 2.17 bits per heavy atom. The molecule has 3 heterocycles. The van der Waals surface area contributed by atoms with E-state index in [1.807, 2.05) is 25.0 Å². The molecule has 3 aromatic heterocycles. The Hall–Kier alpha value is -1.38. The van der Waals surface area contributed by atoms with Crippen LogP contribution in [-0.4, -0.2) is 51.0 Å². The minimum absolute atomic E-state index is 0.0462. The average Bonchev–Trinajstić information content (AvgIpc) is 3.17. The van der Waals surface area contributed by atoms with E-state index in [2.05, 4.69) is 10.00 Å². The molecule has 0 spiro atoms. The molecule has 0 atom stereocenters. The van der Waals surface area contributed by atoms with Crippen LogP contribution in [0.5, 0.6) is 0 Å². The maximum Gasteiger partial charge on any atom is 0.270 e. The van der Waals surface area contributed by atoms with Crippen LogP contribution in [0, 0.1) is 0 Å². The molecule has 0 N–H and O–H groups in total. The van der Waals surface area contributed by atoms with E-state index in [0.29, 0.717) is 5.78 Å². The van der Waals surface area contributed by atoms with Gasteiger partial charge in [-0.2, -0.15) is 0 Å². The van der Waals surface area contributed by atoms with Crippen LogP contribution in [0.25, 0.3) is 16.0 Å². The molecule has 0 unspecified atom stereocenters. The predicted octanol–water partition coefficient (Wildman–Crippen LogP) is 1.88. The first kappa shape index (κ1) is 15.2. The zero-order valence-corrected chi connectivity index (χ0v) is 15.1. The molecule has 23 heavy (non-hydrogen) atoms. The molecule has 0 radical (unpaired) electrons. The van der Waals surface area contributed by atoms with Crippen LogP contribution in [0.3, 0.4) is 0 Å². The first-order chi connectivity index (χ1) is 11.1. The molecule has 8 heteroatoms. The van der Waals surface area contributed by atoms with Crippen LogP contribution in [0.15, 0.2) is 9.95 Å². The molecule has 0 saturated heterocycles. The first-order valence-electron chi connectivity index (χ1n) is 7.72. The van der Waals surface area contributed by atoms with E-state index in [0.717, 1.165) is 47.7 Å². The number of rotatable bonds is 4. The second-order valence-corrected chi connectivity index (χ2v) is 7.96. The maximum atomic E-state index is 13.1. The van der Waals surface area contributed by atoms with Crippen LogP contribution in [0.1, 0.15) is 16.9 Å². The lowest BCUT2D eigenvalue weighted by Gasteiger charge is -2.08. The van der Waals surface area contributed by atoms with Gasteiger partial charge in [0.2, 0.25) is 5.78 Å². The van der Waals surface area contributed by atoms with Crippen molar-refractivity contribution in [3.63, 3.8) is 0 Å². The second-order valence-electron chi connectivity index (χ2n) is 6.10. The molecule has 3 aromatic rings. The van der Waals surface area contributed by atoms with Crippen molar-refractivity contribution in [2.45, 2.75) is 31.0 Å². The van der Waals surface area contributed by atoms with E-state index in [-0.39, 0.29) is 5.56 Å². The predicted molar refractivity (Wildman–Crippen MR) is 95.0 cm³/mol. The molecule has 0 fully saturated rings. The van der Waals surface area contributed by atoms with E-state index in [1.165, 1.54) is 22.2 Å². The van der Waals surface area contributed by atoms with Crippen molar-refractivity contribution in [2.24, 2.45) is 0 Å². The van der Waals surface area contributed by atoms with Gasteiger partial charge in [-0.15, -0.1) is 16.4 Å². The van der Waals surface area contributed by atoms with E-state index in [4.69, 9.17) is 4.98 Å². The summed E-state index contributed by atoms with van der Waals surface area (Å²) >= 11 is 3.18. The Balaban J connectivity index is 1.99. The molecule has 0 bridgehead atoms. The van der Waals surface area contributed by atoms with Crippen molar-refractivity contribution in [1.29, 1.82) is 0 Å². The topological polar surface area (TPSA) is 55.4 Å². The lowest BCUT2D eigenvalue weighted by Crippen LogP contribution is -2.20. The van der Waals surface area contributed by atoms with Crippen LogP contribution in [-0.2, 0) is 19.4 Å². The molecule has 1 aliphatic rings. The number of likely N-dealkylation sites (N-methyl/N-ethyl adjacent to an activating group) is 1. The number of aromatic nitrogens is 4. The minimum atomic E-state index is 0.0462. The van der Waals surface area contributed by atoms with Gasteiger partial charge in [-0.1, -0.05) is 11.8 Å². The van der Waals surface area contributed by atoms with Gasteiger partial charge in [0.15, 0.2) is 5.16 Å². The van der Waals surface area contributed by atoms with E-state index in [1.54, 1.807) is 15.7 Å². The molecule has 0 aliphatic heterocycles. The molecule has 1 aliphatic carbocycles. The average molecular weight is 349 g/mol. The van der Waals surface area contributed by atoms with Crippen molar-refractivity contribution >= 4 is 39.1 Å². The Morgan fingerprint density at radius 1 is 1.35 bits per heavy atom. The summed E-state index contributed by atoms with van der Waals surface area (Å²) in [5.41, 5.74) is 1.27. The molecular weight excluding hydrogens is 330 g/mol. The van der Waals surface area contributed by atoms with Gasteiger partial charge < -0.3 is 4.90 Å². The standard InChI is InChI=1S/C15H19N5OS2/c1-18(2)7-8-19-14-16-12-11(9-5-4-6-10(9)23-12)13(21)20(14)15(17-19)22-3/h4-8H2,1-3H3. The first-order valence-corrected chi connectivity index (χ1v) is 9.77. The summed E-state index contributed by atoms with van der Waals surface area (Å²) in [7, 11) is 4.06. The molecule has 0 aromatic carbocycles. The van der Waals surface area contributed by atoms with Gasteiger partial charge in [-0.05, 0) is 45.2 Å². The van der Waals surface area contributed by atoms with Gasteiger partial charge in [-0.25, -0.2) is 14.1 Å². The fourth-order valence-electron chi connectivity index (χ4n) is 3.15. The Bertz CT molecular complexity index is 952. The molecule has 0 amide bonds. The molecule has 0 saturated carbocycles. The summed E-state index contributed by atoms with van der Waals surface area (Å²) in [6, 6.07) is 0. The monoisotopic (exact) mass is 349 g/mol. The maximum absolute atomic E-state index is 13.1. The zero-order valence-electron chi connectivity index (χ0n) is 13.5. The van der Waals surface area contributed by atoms with Crippen LogP contribution >= 0.6 is 23.1 Å². The summed E-state index contributed by atoms with van der Waals surface area (Å²) in [5.74, 6) is 0.661. The van der Waals surface area contributed by atoms with Crippen molar-refractivity contribution in [1.82, 2.24) is 24.1 Å². The lowest BCUT2D eigenvalue weighted by molar-refractivity contribution is 0.374. The number of nitrogens with zero attached hydrogens (tertiary/aromatic N) is 5. The van der Waals surface area contributed by atoms with Crippen LogP contribution in [0.2, 0.25) is 0 Å². The third-order valence-corrected chi connectivity index (χ3v) is 6.11. The summed E-state index contributed by atoms with van der Waals surface area (Å²) in [5, 5.41) is 6.14. The van der Waals surface area contributed by atoms with Gasteiger partial charge in [0.1, 0.15) is 4.83 Å². The van der Waals surface area contributed by atoms with Crippen molar-refractivity contribution in [3.05, 3.63) is 20.8 Å². The highest BCUT2D eigenvalue weighted by Gasteiger charge is 2.24. The van der Waals surface area contributed by atoms with Crippen LogP contribution < -0.4 is 5.56 Å². The number of hydrogen-bond donors (Lipinski definition) is 0. The van der Waals surface area contributed by atoms with E-state index in [9.17, 15) is 4.79 Å². The van der Waals surface area contributed by atoms with Crippen molar-refractivity contribution in [3.8, 4) is 0 Å². The van der Waals surface area contributed by atoms with E-state index >= 15 is 0 Å². The fourth-order valence-corrected chi connectivity index (χ4v) is 4.92. The third kappa shape index (κ3) is 2.31. The van der Waals surface area contributed by atoms with Gasteiger partial charge >= 0.3 is 0 Å². The number of fused-ring (bicyclic) bond motifs is 4. The third-order valence-electron chi connectivity index (χ3n) is 4.29. The molecular formula is C15H19N5OS2. The SMILES string of the molecule is CSc1nn(CCN(C)C)c2nc3sc4c(c3c(=O)n12)CCC4. The largest absolute Gasteiger partial charge is 0.308 e. The highest BCUT2D eigenvalue weighted by Crippen LogP contribution is 2.35. The zero-order chi connectivity index (χ0) is 16.1. The van der Waals surface area contributed by atoms with Gasteiger partial charge in [0.25, 0.3) is 5.56 Å². The lowest BCUT2D eigenvalue weighted by atomic mass is 10.2. The van der Waals surface area contributed by atoms with Gasteiger partial charge in [-0.3, -0.25) is 4.79 Å². The number of aryl methyl sites for hydroxylation is 2. The fraction of sp³-hybridized carbons (Fsp3) is 0.533. The summed E-state index contributed by atoms with van der Waals surface area (Å²) in [6.45, 7) is 1.58. The number of thioether (sulfide) groups is 1. The molecule has 6 nitrogen and oxygen atoms in total. The highest BCUT2D eigenvalue weighted by atomic mass is 32.2. The molecule has 122 valence electrons. The van der Waals surface area contributed by atoms with Gasteiger partial charge in [0.05, 0.1) is 11.9 Å². The Kier molecular flexibility index (Phi) is 3.70.